The first-order chi connectivity index (χ1) is 9.85. The molecular weight excluding hydrogens is 264 g/mol. The second kappa shape index (κ2) is 7.71. The third-order valence-corrected chi connectivity index (χ3v) is 2.57. The molecule has 6 nitrogen and oxygen atoms in total. The molecule has 0 fully saturated rings. The molecule has 0 heterocycles. The Morgan fingerprint density at radius 3 is 1.25 bits per heavy atom. The first-order valence-corrected chi connectivity index (χ1v) is 5.87. The van der Waals surface area contributed by atoms with Crippen LogP contribution in [-0.2, 0) is 19.6 Å². The molecule has 0 aliphatic carbocycles. The van der Waals surface area contributed by atoms with Crippen LogP contribution in [0.25, 0.3) is 0 Å². The van der Waals surface area contributed by atoms with Crippen LogP contribution in [0, 0.1) is 0 Å². The fourth-order valence-corrected chi connectivity index (χ4v) is 1.59. The summed E-state index contributed by atoms with van der Waals surface area (Å²) in [5.41, 5.74) is 1.08. The van der Waals surface area contributed by atoms with Crippen LogP contribution in [0.3, 0.4) is 0 Å². The number of hydrogen-bond donors (Lipinski definition) is 2. The van der Waals surface area contributed by atoms with Gasteiger partial charge in [-0.1, -0.05) is 60.7 Å². The van der Waals surface area contributed by atoms with Crippen LogP contribution in [-0.4, -0.2) is 10.5 Å². The molecule has 0 aromatic heterocycles. The molecule has 0 bridgehead atoms. The molecule has 2 unspecified atom stereocenters. The van der Waals surface area contributed by atoms with Gasteiger partial charge in [0.25, 0.3) is 0 Å². The lowest BCUT2D eigenvalue weighted by molar-refractivity contribution is -0.517. The van der Waals surface area contributed by atoms with E-state index < -0.39 is 12.6 Å². The Hall–Kier alpha value is -1.80. The van der Waals surface area contributed by atoms with Gasteiger partial charge >= 0.3 is 0 Å². The van der Waals surface area contributed by atoms with Gasteiger partial charge in [-0.2, -0.15) is 19.6 Å². The molecule has 0 spiro atoms. The van der Waals surface area contributed by atoms with E-state index in [1.165, 1.54) is 0 Å². The minimum absolute atomic E-state index is 0.541. The fraction of sp³-hybridized carbons (Fsp3) is 0.143. The van der Waals surface area contributed by atoms with Crippen molar-refractivity contribution in [1.82, 2.24) is 0 Å². The molecule has 2 aromatic rings. The first kappa shape index (κ1) is 14.6. The lowest BCUT2D eigenvalue weighted by atomic mass is 10.2. The van der Waals surface area contributed by atoms with Crippen molar-refractivity contribution in [1.29, 1.82) is 0 Å². The first-order valence-electron chi connectivity index (χ1n) is 5.87. The van der Waals surface area contributed by atoms with Gasteiger partial charge in [-0.05, 0) is 0 Å². The summed E-state index contributed by atoms with van der Waals surface area (Å²) in [7, 11) is 0. The summed E-state index contributed by atoms with van der Waals surface area (Å²) >= 11 is 0. The van der Waals surface area contributed by atoms with Crippen molar-refractivity contribution in [2.45, 2.75) is 12.6 Å². The third kappa shape index (κ3) is 3.84. The van der Waals surface area contributed by atoms with E-state index in [9.17, 15) is 0 Å². The molecular formula is C14H14O6. The van der Waals surface area contributed by atoms with E-state index in [-0.39, 0.29) is 0 Å². The van der Waals surface area contributed by atoms with Crippen LogP contribution in [0.2, 0.25) is 0 Å². The number of benzene rings is 2. The molecule has 0 radical (unpaired) electrons. The summed E-state index contributed by atoms with van der Waals surface area (Å²) in [6.07, 6.45) is -2.31. The molecule has 20 heavy (non-hydrogen) atoms. The van der Waals surface area contributed by atoms with E-state index in [2.05, 4.69) is 9.78 Å². The molecule has 0 saturated carbocycles. The van der Waals surface area contributed by atoms with Gasteiger partial charge in [0.1, 0.15) is 0 Å². The molecule has 2 atom stereocenters. The molecule has 0 amide bonds. The standard InChI is InChI=1S/C14H14O6/c15-17-13(11-7-3-1-4-8-11)19-20-14(18-16)12-9-5-2-6-10-12/h1-10,13-16H. The van der Waals surface area contributed by atoms with Crippen molar-refractivity contribution in [2.24, 2.45) is 0 Å². The lowest BCUT2D eigenvalue weighted by Crippen LogP contribution is -2.13. The Balaban J connectivity index is 1.99. The fourth-order valence-electron chi connectivity index (χ4n) is 1.59. The van der Waals surface area contributed by atoms with Crippen LogP contribution in [0.4, 0.5) is 0 Å². The average Bonchev–Trinajstić information content (AvgIpc) is 2.53. The molecule has 2 rings (SSSR count). The van der Waals surface area contributed by atoms with Crippen molar-refractivity contribution in [3.05, 3.63) is 71.8 Å². The van der Waals surface area contributed by atoms with Gasteiger partial charge in [0.2, 0.25) is 12.6 Å². The summed E-state index contributed by atoms with van der Waals surface area (Å²) in [5.74, 6) is 0. The summed E-state index contributed by atoms with van der Waals surface area (Å²) in [5, 5.41) is 17.7. The van der Waals surface area contributed by atoms with E-state index in [1.54, 1.807) is 48.5 Å². The van der Waals surface area contributed by atoms with Crippen LogP contribution in [0.5, 0.6) is 0 Å². The highest BCUT2D eigenvalue weighted by Crippen LogP contribution is 2.23. The van der Waals surface area contributed by atoms with Gasteiger partial charge in [-0.15, -0.1) is 0 Å². The Kier molecular flexibility index (Phi) is 5.63. The topological polar surface area (TPSA) is 77.4 Å². The van der Waals surface area contributed by atoms with Crippen LogP contribution in [0.1, 0.15) is 23.7 Å². The van der Waals surface area contributed by atoms with Gasteiger partial charge in [0.05, 0.1) is 0 Å². The van der Waals surface area contributed by atoms with Gasteiger partial charge in [0, 0.05) is 11.1 Å². The maximum Gasteiger partial charge on any atom is 0.249 e. The summed E-state index contributed by atoms with van der Waals surface area (Å²) in [6, 6.07) is 17.4. The normalized spacial score (nSPS) is 13.9. The van der Waals surface area contributed by atoms with E-state index in [1.807, 2.05) is 12.1 Å². The Morgan fingerprint density at radius 1 is 0.600 bits per heavy atom. The number of rotatable bonds is 7. The van der Waals surface area contributed by atoms with E-state index in [0.717, 1.165) is 0 Å². The molecule has 0 saturated heterocycles. The second-order valence-corrected chi connectivity index (χ2v) is 3.89. The number of hydrogen-bond acceptors (Lipinski definition) is 6. The smallest absolute Gasteiger partial charge is 0.249 e. The highest BCUT2D eigenvalue weighted by molar-refractivity contribution is 5.16. The van der Waals surface area contributed by atoms with Gasteiger partial charge in [-0.3, -0.25) is 0 Å². The second-order valence-electron chi connectivity index (χ2n) is 3.89. The minimum atomic E-state index is -1.16. The van der Waals surface area contributed by atoms with E-state index >= 15 is 0 Å². The third-order valence-electron chi connectivity index (χ3n) is 2.57. The van der Waals surface area contributed by atoms with Gasteiger partial charge in [-0.25, -0.2) is 10.5 Å². The zero-order valence-electron chi connectivity index (χ0n) is 10.5. The molecule has 2 aromatic carbocycles. The largest absolute Gasteiger partial charge is 0.249 e. The van der Waals surface area contributed by atoms with Crippen LogP contribution < -0.4 is 0 Å². The molecule has 2 N–H and O–H groups in total. The molecule has 0 aliphatic heterocycles. The maximum absolute atomic E-state index is 8.83. The summed E-state index contributed by atoms with van der Waals surface area (Å²) in [4.78, 5) is 18.2. The maximum atomic E-state index is 8.83. The molecule has 6 heteroatoms. The predicted molar refractivity (Wildman–Crippen MR) is 68.0 cm³/mol. The van der Waals surface area contributed by atoms with E-state index in [0.29, 0.717) is 11.1 Å². The van der Waals surface area contributed by atoms with Crippen molar-refractivity contribution < 1.29 is 30.1 Å². The summed E-state index contributed by atoms with van der Waals surface area (Å²) in [6.45, 7) is 0. The molecule has 106 valence electrons. The van der Waals surface area contributed by atoms with Crippen molar-refractivity contribution in [3.8, 4) is 0 Å². The monoisotopic (exact) mass is 278 g/mol. The lowest BCUT2D eigenvalue weighted by Gasteiger charge is -2.17. The van der Waals surface area contributed by atoms with Gasteiger partial charge in [0.15, 0.2) is 0 Å². The Morgan fingerprint density at radius 2 is 0.950 bits per heavy atom. The highest BCUT2D eigenvalue weighted by atomic mass is 17.3. The van der Waals surface area contributed by atoms with Crippen LogP contribution >= 0.6 is 0 Å². The highest BCUT2D eigenvalue weighted by Gasteiger charge is 2.19. The average molecular weight is 278 g/mol. The predicted octanol–water partition coefficient (Wildman–Crippen LogP) is 3.31. The van der Waals surface area contributed by atoms with Crippen LogP contribution in [0.15, 0.2) is 60.7 Å². The SMILES string of the molecule is OOC(OOC(OO)c1ccccc1)c1ccccc1. The summed E-state index contributed by atoms with van der Waals surface area (Å²) < 4.78 is 0. The van der Waals surface area contributed by atoms with Crippen molar-refractivity contribution in [2.75, 3.05) is 0 Å². The zero-order chi connectivity index (χ0) is 14.2. The van der Waals surface area contributed by atoms with Crippen molar-refractivity contribution in [3.63, 3.8) is 0 Å². The zero-order valence-corrected chi connectivity index (χ0v) is 10.5. The Bertz CT molecular complexity index is 442. The van der Waals surface area contributed by atoms with E-state index in [4.69, 9.17) is 20.3 Å². The van der Waals surface area contributed by atoms with Crippen molar-refractivity contribution >= 4 is 0 Å². The Labute approximate surface area is 115 Å². The quantitative estimate of drug-likeness (QED) is 0.459. The molecule has 0 aliphatic rings. The van der Waals surface area contributed by atoms with Gasteiger partial charge < -0.3 is 0 Å². The minimum Gasteiger partial charge on any atom is -0.249 e.